The molecule has 74 valence electrons. The van der Waals surface area contributed by atoms with Gasteiger partial charge in [-0.25, -0.2) is 24.3 Å². The summed E-state index contributed by atoms with van der Waals surface area (Å²) in [4.78, 5) is 0. The van der Waals surface area contributed by atoms with Crippen molar-refractivity contribution >= 4 is 6.21 Å². The summed E-state index contributed by atoms with van der Waals surface area (Å²) >= 11 is 0. The van der Waals surface area contributed by atoms with Gasteiger partial charge in [0.05, 0.1) is 0 Å². The van der Waals surface area contributed by atoms with Gasteiger partial charge in [-0.05, 0) is 0 Å². The second-order valence-corrected chi connectivity index (χ2v) is 2.43. The first-order valence-electron chi connectivity index (χ1n) is 3.99. The Balaban J connectivity index is 0.000000246. The first-order valence-corrected chi connectivity index (χ1v) is 3.99. The van der Waals surface area contributed by atoms with E-state index in [2.05, 4.69) is 5.16 Å². The third-order valence-electron chi connectivity index (χ3n) is 1.45. The van der Waals surface area contributed by atoms with E-state index in [-0.39, 0.29) is 17.1 Å². The summed E-state index contributed by atoms with van der Waals surface area (Å²) in [5.74, 6) is 0. The third kappa shape index (κ3) is 5.36. The van der Waals surface area contributed by atoms with Gasteiger partial charge in [0.15, 0.2) is 0 Å². The zero-order valence-corrected chi connectivity index (χ0v) is 8.63. The molecule has 14 heavy (non-hydrogen) atoms. The standard InChI is InChI=1S/C6H6NO.C5H5.Fe/c8-7-5-6-3-1-2-4-6;1-2-4-5-3-1;/h1-5,8H;1-5H;/q2*-1;+2. The fraction of sp³-hybridized carbons (Fsp3) is 0. The predicted octanol–water partition coefficient (Wildman–Crippen LogP) is 2.62. The van der Waals surface area contributed by atoms with Crippen LogP contribution < -0.4 is 0 Å². The smallest absolute Gasteiger partial charge is 0.412 e. The molecule has 0 amide bonds. The molecule has 0 saturated heterocycles. The van der Waals surface area contributed by atoms with Gasteiger partial charge >= 0.3 is 17.1 Å². The molecule has 0 aliphatic heterocycles. The Bertz CT molecular complexity index is 294. The molecule has 2 nitrogen and oxygen atoms in total. The second kappa shape index (κ2) is 8.30. The average molecular weight is 229 g/mol. The van der Waals surface area contributed by atoms with Crippen molar-refractivity contribution in [3.05, 3.63) is 60.2 Å². The maximum absolute atomic E-state index is 8.01. The van der Waals surface area contributed by atoms with Crippen molar-refractivity contribution in [3.8, 4) is 0 Å². The van der Waals surface area contributed by atoms with E-state index in [1.807, 2.05) is 54.6 Å². The van der Waals surface area contributed by atoms with Crippen LogP contribution in [0.5, 0.6) is 0 Å². The van der Waals surface area contributed by atoms with Gasteiger partial charge < -0.3 is 5.21 Å². The second-order valence-electron chi connectivity index (χ2n) is 2.43. The van der Waals surface area contributed by atoms with E-state index < -0.39 is 0 Å². The SMILES string of the molecule is ON=C[c-]1cccc1.[Fe+2].c1cc[cH-]c1. The van der Waals surface area contributed by atoms with Crippen LogP contribution >= 0.6 is 0 Å². The first kappa shape index (κ1) is 12.7. The van der Waals surface area contributed by atoms with Crippen LogP contribution in [0.3, 0.4) is 0 Å². The van der Waals surface area contributed by atoms with Crippen LogP contribution in [0.4, 0.5) is 0 Å². The molecule has 0 heterocycles. The van der Waals surface area contributed by atoms with Crippen LogP contribution in [-0.2, 0) is 17.1 Å². The zero-order valence-electron chi connectivity index (χ0n) is 7.52. The molecule has 0 aromatic heterocycles. The van der Waals surface area contributed by atoms with Crippen LogP contribution in [0.15, 0.2) is 59.8 Å². The largest absolute Gasteiger partial charge is 2.00 e. The molecular formula is C11H11FeNO. The summed E-state index contributed by atoms with van der Waals surface area (Å²) in [7, 11) is 0. The van der Waals surface area contributed by atoms with Crippen molar-refractivity contribution in [1.82, 2.24) is 0 Å². The molecule has 0 fully saturated rings. The van der Waals surface area contributed by atoms with Gasteiger partial charge in [-0.2, -0.15) is 30.3 Å². The zero-order chi connectivity index (χ0) is 9.36. The number of rotatable bonds is 1. The molecule has 0 aliphatic carbocycles. The summed E-state index contributed by atoms with van der Waals surface area (Å²) in [6.45, 7) is 0. The van der Waals surface area contributed by atoms with Gasteiger partial charge in [0.25, 0.3) is 0 Å². The molecule has 0 spiro atoms. The van der Waals surface area contributed by atoms with Crippen LogP contribution in [-0.4, -0.2) is 11.4 Å². The van der Waals surface area contributed by atoms with E-state index in [0.29, 0.717) is 0 Å². The monoisotopic (exact) mass is 229 g/mol. The molecule has 2 rings (SSSR count). The first-order chi connectivity index (χ1) is 6.43. The fourth-order valence-electron chi connectivity index (χ4n) is 0.862. The van der Waals surface area contributed by atoms with Crippen LogP contribution in [0, 0.1) is 0 Å². The normalized spacial score (nSPS) is 8.86. The molecule has 0 saturated carbocycles. The summed E-state index contributed by atoms with van der Waals surface area (Å²) in [6, 6.07) is 17.5. The molecule has 0 radical (unpaired) electrons. The van der Waals surface area contributed by atoms with Crippen LogP contribution in [0.25, 0.3) is 0 Å². The predicted molar refractivity (Wildman–Crippen MR) is 53.5 cm³/mol. The molecular weight excluding hydrogens is 218 g/mol. The molecule has 2 aromatic rings. The van der Waals surface area contributed by atoms with Crippen molar-refractivity contribution in [2.75, 3.05) is 0 Å². The van der Waals surface area contributed by atoms with Crippen molar-refractivity contribution in [1.29, 1.82) is 0 Å². The minimum Gasteiger partial charge on any atom is -0.412 e. The summed E-state index contributed by atoms with van der Waals surface area (Å²) < 4.78 is 0. The third-order valence-corrected chi connectivity index (χ3v) is 1.45. The Morgan fingerprint density at radius 3 is 2.00 bits per heavy atom. The van der Waals surface area contributed by atoms with Crippen molar-refractivity contribution in [2.24, 2.45) is 5.16 Å². The molecule has 0 atom stereocenters. The number of hydrogen-bond acceptors (Lipinski definition) is 2. The molecule has 0 aliphatic rings. The maximum Gasteiger partial charge on any atom is 2.00 e. The Morgan fingerprint density at radius 1 is 1.07 bits per heavy atom. The molecule has 0 bridgehead atoms. The fourth-order valence-corrected chi connectivity index (χ4v) is 0.862. The number of hydrogen-bond donors (Lipinski definition) is 1. The molecule has 2 aromatic carbocycles. The van der Waals surface area contributed by atoms with Gasteiger partial charge in [0.2, 0.25) is 0 Å². The van der Waals surface area contributed by atoms with E-state index in [1.54, 1.807) is 0 Å². The van der Waals surface area contributed by atoms with Crippen molar-refractivity contribution < 1.29 is 22.3 Å². The van der Waals surface area contributed by atoms with E-state index >= 15 is 0 Å². The molecule has 3 heteroatoms. The minimum atomic E-state index is 0. The number of nitrogens with zero attached hydrogens (tertiary/aromatic N) is 1. The minimum absolute atomic E-state index is 0. The van der Waals surface area contributed by atoms with Gasteiger partial charge in [0.1, 0.15) is 0 Å². The van der Waals surface area contributed by atoms with Crippen molar-refractivity contribution in [3.63, 3.8) is 0 Å². The molecule has 0 unspecified atom stereocenters. The van der Waals surface area contributed by atoms with E-state index in [9.17, 15) is 0 Å². The maximum atomic E-state index is 8.01. The summed E-state index contributed by atoms with van der Waals surface area (Å²) in [5, 5.41) is 10.9. The quantitative estimate of drug-likeness (QED) is 0.263. The summed E-state index contributed by atoms with van der Waals surface area (Å²) in [6.07, 6.45) is 1.39. The van der Waals surface area contributed by atoms with Crippen molar-refractivity contribution in [2.45, 2.75) is 0 Å². The van der Waals surface area contributed by atoms with E-state index in [1.165, 1.54) is 6.21 Å². The Hall–Kier alpha value is -1.31. The van der Waals surface area contributed by atoms with Crippen LogP contribution in [0.2, 0.25) is 0 Å². The molecule has 1 N–H and O–H groups in total. The summed E-state index contributed by atoms with van der Waals surface area (Å²) in [5.41, 5.74) is 0.924. The van der Waals surface area contributed by atoms with Gasteiger partial charge in [-0.1, -0.05) is 0 Å². The topological polar surface area (TPSA) is 32.6 Å². The van der Waals surface area contributed by atoms with E-state index in [4.69, 9.17) is 5.21 Å². The van der Waals surface area contributed by atoms with Gasteiger partial charge in [-0.15, -0.1) is 10.7 Å². The average Bonchev–Trinajstić information content (AvgIpc) is 2.79. The Labute approximate surface area is 94.1 Å². The Kier molecular flexibility index (Phi) is 7.52. The van der Waals surface area contributed by atoms with E-state index in [0.717, 1.165) is 5.56 Å². The Morgan fingerprint density at radius 2 is 1.64 bits per heavy atom. The van der Waals surface area contributed by atoms with Gasteiger partial charge in [-0.3, -0.25) is 0 Å². The number of oxime groups is 1. The van der Waals surface area contributed by atoms with Gasteiger partial charge in [0, 0.05) is 6.21 Å². The van der Waals surface area contributed by atoms with Crippen LogP contribution in [0.1, 0.15) is 5.56 Å².